The maximum Gasteiger partial charge on any atom is 0.308 e. The van der Waals surface area contributed by atoms with Crippen molar-refractivity contribution in [2.75, 3.05) is 34.0 Å². The summed E-state index contributed by atoms with van der Waals surface area (Å²) >= 11 is 16.0. The Labute approximate surface area is 749 Å². The highest BCUT2D eigenvalue weighted by Crippen LogP contribution is 2.45. The Morgan fingerprint density at radius 1 is 0.419 bits per heavy atom. The summed E-state index contributed by atoms with van der Waals surface area (Å²) < 4.78 is 38.5. The maximum atomic E-state index is 11.8. The van der Waals surface area contributed by atoms with Crippen LogP contribution < -0.4 is 9.47 Å². The molecule has 0 aromatic heterocycles. The average Bonchev–Trinajstić information content (AvgIpc) is 0.746. The van der Waals surface area contributed by atoms with E-state index in [0.29, 0.717) is 37.1 Å². The number of nitrogens with zero attached hydrogens (tertiary/aromatic N) is 3. The highest BCUT2D eigenvalue weighted by atomic mass is 35.6. The first kappa shape index (κ1) is 109. The summed E-state index contributed by atoms with van der Waals surface area (Å²) in [6.07, 6.45) is 1.56. The molecule has 9 aromatic rings. The number of esters is 6. The zero-order chi connectivity index (χ0) is 93.1. The summed E-state index contributed by atoms with van der Waals surface area (Å²) in [4.78, 5) is 88.8. The number of carbonyl (C=O) groups is 7. The van der Waals surface area contributed by atoms with Gasteiger partial charge in [0.25, 0.3) is 5.69 Å². The predicted octanol–water partition coefficient (Wildman–Crippen LogP) is 25.2. The van der Waals surface area contributed by atoms with Crippen LogP contribution in [-0.4, -0.2) is 90.0 Å². The zero-order valence-corrected chi connectivity index (χ0v) is 77.9. The lowest BCUT2D eigenvalue weighted by Gasteiger charge is -2.39. The van der Waals surface area contributed by atoms with Gasteiger partial charge in [0.05, 0.1) is 77.7 Å². The monoisotopic (exact) mass is 1760 g/mol. The van der Waals surface area contributed by atoms with Gasteiger partial charge in [0.1, 0.15) is 38.6 Å². The molecule has 0 heterocycles. The largest absolute Gasteiger partial charge is 0.493 e. The number of carbonyl (C=O) groups excluding carboxylic acids is 7. The Morgan fingerprint density at radius 3 is 1.10 bits per heavy atom. The smallest absolute Gasteiger partial charge is 0.308 e. The van der Waals surface area contributed by atoms with Crippen LogP contribution in [0.5, 0.6) is 11.5 Å². The summed E-state index contributed by atoms with van der Waals surface area (Å²) in [7, 11) is 2.81. The summed E-state index contributed by atoms with van der Waals surface area (Å²) in [6.45, 7) is 39.5. The predicted molar refractivity (Wildman–Crippen MR) is 495 cm³/mol. The molecule has 9 rings (SSSR count). The van der Waals surface area contributed by atoms with Crippen LogP contribution in [0.15, 0.2) is 272 Å². The molecule has 0 aliphatic rings. The van der Waals surface area contributed by atoms with E-state index in [1.54, 1.807) is 59.8 Å². The Balaban J connectivity index is 0.000000489. The minimum absolute atomic E-state index is 0.0109. The highest BCUT2D eigenvalue weighted by Gasteiger charge is 2.39. The fraction of sp³-hybridized carbons (Fsp3) is 0.376. The Bertz CT molecular complexity index is 4480. The number of alkyl halides is 3. The van der Waals surface area contributed by atoms with Crippen LogP contribution in [-0.2, 0) is 75.8 Å². The van der Waals surface area contributed by atoms with Gasteiger partial charge in [-0.2, -0.15) is 10.2 Å². The van der Waals surface area contributed by atoms with Crippen molar-refractivity contribution < 1.29 is 76.4 Å². The molecule has 668 valence electrons. The van der Waals surface area contributed by atoms with Crippen LogP contribution in [0.3, 0.4) is 0 Å². The lowest BCUT2D eigenvalue weighted by atomic mass is 9.63. The number of halogens is 3. The molecule has 0 saturated heterocycles. The molecule has 0 amide bonds. The molecule has 0 bridgehead atoms. The van der Waals surface area contributed by atoms with Gasteiger partial charge in [-0.05, 0) is 103 Å². The van der Waals surface area contributed by atoms with Crippen LogP contribution in [0.2, 0.25) is 0 Å². The van der Waals surface area contributed by atoms with E-state index in [4.69, 9.17) is 68.0 Å². The number of azo groups is 1. The summed E-state index contributed by atoms with van der Waals surface area (Å²) in [5.41, 5.74) is 9.27. The molecule has 0 atom stereocenters. The van der Waals surface area contributed by atoms with Gasteiger partial charge in [0.2, 0.25) is 3.79 Å². The number of nitro groups is 1. The van der Waals surface area contributed by atoms with E-state index in [-0.39, 0.29) is 124 Å². The molecule has 0 radical (unpaired) electrons. The molecular weight excluding hydrogens is 1630 g/mol. The number of benzene rings is 9. The van der Waals surface area contributed by atoms with E-state index in [2.05, 4.69) is 151 Å². The quantitative estimate of drug-likeness (QED) is 0.00508. The van der Waals surface area contributed by atoms with E-state index >= 15 is 0 Å². The van der Waals surface area contributed by atoms with Crippen molar-refractivity contribution in [2.45, 2.75) is 165 Å². The van der Waals surface area contributed by atoms with E-state index < -0.39 is 14.7 Å². The number of ketones is 1. The van der Waals surface area contributed by atoms with E-state index in [0.717, 1.165) is 28.1 Å². The second kappa shape index (κ2) is 57.9. The second-order valence-electron chi connectivity index (χ2n) is 31.6. The molecule has 0 unspecified atom stereocenters. The molecule has 0 aliphatic carbocycles. The lowest BCUT2D eigenvalue weighted by molar-refractivity contribution is -0.386. The molecule has 9 aromatic carbocycles. The van der Waals surface area contributed by atoms with E-state index in [9.17, 15) is 43.7 Å². The molecule has 0 saturated carbocycles. The highest BCUT2D eigenvalue weighted by molar-refractivity contribution is 6.67. The first-order chi connectivity index (χ1) is 58.5. The minimum Gasteiger partial charge on any atom is -0.493 e. The van der Waals surface area contributed by atoms with Crippen molar-refractivity contribution >= 4 is 93.5 Å². The molecule has 124 heavy (non-hydrogen) atoms. The number of Topliss-reactive ketones (excluding diaryl/α,β-unsaturated/α-hetero) is 1. The number of methoxy groups -OCH3 is 2. The molecule has 20 nitrogen and oxygen atoms in total. The van der Waals surface area contributed by atoms with Crippen molar-refractivity contribution in [3.8, 4) is 11.5 Å². The van der Waals surface area contributed by atoms with E-state index in [1.165, 1.54) is 43.0 Å². The fourth-order valence-electron chi connectivity index (χ4n) is 10.8. The van der Waals surface area contributed by atoms with Gasteiger partial charge in [0, 0.05) is 22.8 Å². The topological polar surface area (TPSA) is 261 Å². The van der Waals surface area contributed by atoms with Crippen LogP contribution in [0.4, 0.5) is 17.1 Å². The third-order valence-corrected chi connectivity index (χ3v) is 17.7. The number of hydrogen-bond acceptors (Lipinski definition) is 19. The number of ether oxygens (including phenoxy) is 8. The van der Waals surface area contributed by atoms with Gasteiger partial charge in [-0.15, -0.1) is 0 Å². The third kappa shape index (κ3) is 42.2. The van der Waals surface area contributed by atoms with Crippen LogP contribution in [0.25, 0.3) is 0 Å². The minimum atomic E-state index is -1.51. The van der Waals surface area contributed by atoms with Crippen molar-refractivity contribution in [3.05, 3.63) is 316 Å². The Hall–Kier alpha value is -11.3. The summed E-state index contributed by atoms with van der Waals surface area (Å²) in [5, 5.41) is 19.3. The van der Waals surface area contributed by atoms with Crippen molar-refractivity contribution in [1.29, 1.82) is 0 Å². The van der Waals surface area contributed by atoms with Crippen LogP contribution >= 0.6 is 34.8 Å². The van der Waals surface area contributed by atoms with Crippen LogP contribution in [0.1, 0.15) is 187 Å². The third-order valence-electron chi connectivity index (χ3n) is 17.4. The average molecular weight is 1760 g/mol. The van der Waals surface area contributed by atoms with Gasteiger partial charge in [-0.3, -0.25) is 43.7 Å². The normalized spacial score (nSPS) is 10.9. The number of rotatable bonds is 28. The molecule has 0 N–H and O–H groups in total. The van der Waals surface area contributed by atoms with Crippen molar-refractivity contribution in [3.63, 3.8) is 0 Å². The molecule has 23 heteroatoms. The molecule has 0 spiro atoms. The first-order valence-corrected chi connectivity index (χ1v) is 42.2. The number of nitro benzene ring substituents is 1. The van der Waals surface area contributed by atoms with Gasteiger partial charge < -0.3 is 37.9 Å². The lowest BCUT2D eigenvalue weighted by Crippen LogP contribution is -2.35. The zero-order valence-electron chi connectivity index (χ0n) is 75.6. The van der Waals surface area contributed by atoms with Gasteiger partial charge in [-0.25, -0.2) is 0 Å². The molecule has 0 fully saturated rings. The summed E-state index contributed by atoms with van der Waals surface area (Å²) in [6, 6.07) is 82.0. The second-order valence-corrected chi connectivity index (χ2v) is 34.1. The Morgan fingerprint density at radius 2 is 0.758 bits per heavy atom. The SMILES string of the molecule is C=CCOC(=O)C(C)C.CC(C)C(=O)OC(C)(C)C.CC(C)C(=O)OCC(Cl)(Cl)Cl.CC(C)C(=O)OCC(c1ccccc1)c1ccccc1.CC(C)C(=O)OCc1ccccc1.CC(C)C(=O)c1ccc(N=Nc2ccccc2)cc1.CC(C)C(c1ccccc1)(c1ccccc1)c1ccccc1.COc1cc(COC(=O)C(C)C)c([N+](=O)[O-])cc1OC. The van der Waals surface area contributed by atoms with Gasteiger partial charge >= 0.3 is 35.8 Å². The summed E-state index contributed by atoms with van der Waals surface area (Å²) in [5.74, 6) is -0.819. The fourth-order valence-corrected chi connectivity index (χ4v) is 10.9. The van der Waals surface area contributed by atoms with Crippen LogP contribution in [0, 0.1) is 57.5 Å². The van der Waals surface area contributed by atoms with E-state index in [1.807, 2.05) is 185 Å². The van der Waals surface area contributed by atoms with Crippen molar-refractivity contribution in [2.24, 2.45) is 57.6 Å². The Kier molecular flexibility index (Phi) is 50.8. The molecular formula is C101H126Cl3N3O17. The maximum absolute atomic E-state index is 11.8. The van der Waals surface area contributed by atoms with Gasteiger partial charge in [-0.1, -0.05) is 358 Å². The number of hydrogen-bond donors (Lipinski definition) is 0. The first-order valence-electron chi connectivity index (χ1n) is 41.1. The molecule has 0 aliphatic heterocycles. The standard InChI is InChI=1S/C22H22.C18H20O2.C16H16N2O.C13H17NO6.C11H14O2.C8H16O2.C7H12O2.C6H9Cl3O2/c1-18(2)22(19-12-6-3-7-13-19,20-14-8-4-9-15-20)21-16-10-5-11-17-21;1-14(2)18(19)20-13-17(15-9-5-3-6-10-15)16-11-7-4-8-12-16;1-12(2)16(19)13-8-10-15(11-9-13)18-17-14-6-4-3-5-7-14;1-8(2)13(15)20-7-9-5-11(18-3)12(19-4)6-10(9)14(16)17;1-9(2)11(12)13-8-10-6-4-3-5-7-10;1-6(2)7(9)10-8(3,4)5;1-4-5-9-7(8)6(2)3;1-4(2)5(10)11-3-6(7,8)9/h3-18H,1-2H3;3-12,14,17H,13H2,1-2H3;3-12H,1-2H3;5-6,8H,7H2,1-4H3;3-7,9H,8H2,1-2H3;6H,1-5H3;4,6H,1,5H2,2-3H3;4H,3H2,1-2H3. The van der Waals surface area contributed by atoms with Crippen molar-refractivity contribution in [1.82, 2.24) is 0 Å². The van der Waals surface area contributed by atoms with Gasteiger partial charge in [0.15, 0.2) is 17.3 Å².